The van der Waals surface area contributed by atoms with Crippen LogP contribution < -0.4 is 9.47 Å². The van der Waals surface area contributed by atoms with Gasteiger partial charge < -0.3 is 14.6 Å². The van der Waals surface area contributed by atoms with Crippen molar-refractivity contribution in [1.82, 2.24) is 4.90 Å². The van der Waals surface area contributed by atoms with Crippen molar-refractivity contribution in [1.29, 1.82) is 0 Å². The number of nitrogens with zero attached hydrogens (tertiary/aromatic N) is 1. The number of benzene rings is 1. The minimum absolute atomic E-state index is 0.0784. The fourth-order valence-electron chi connectivity index (χ4n) is 3.55. The first-order valence-electron chi connectivity index (χ1n) is 11.2. The molecule has 1 fully saturated rings. The molecule has 1 amide bonds. The first-order chi connectivity index (χ1) is 15.3. The third-order valence-corrected chi connectivity index (χ3v) is 6.67. The second kappa shape index (κ2) is 12.8. The predicted octanol–water partition coefficient (Wildman–Crippen LogP) is 5.89. The van der Waals surface area contributed by atoms with Crippen molar-refractivity contribution >= 4 is 46.3 Å². The standard InChI is InChI=1S/C24H33NO5S2/c1-5-7-8-9-10-11-16(3)30-19-13-12-17(14-20(19)29-4)15-21-22(26)25(24(31)32-21)18(6-2)23(27)28/h12-16,18H,5-11H2,1-4H3,(H,27,28). The lowest BCUT2D eigenvalue weighted by atomic mass is 10.1. The maximum atomic E-state index is 12.8. The SMILES string of the molecule is CCCCCCCC(C)Oc1ccc(C=C2SC(=S)N(C(CC)C(=O)O)C2=O)cc1OC. The van der Waals surface area contributed by atoms with Crippen LogP contribution in [0.15, 0.2) is 23.1 Å². The maximum Gasteiger partial charge on any atom is 0.326 e. The molecule has 8 heteroatoms. The summed E-state index contributed by atoms with van der Waals surface area (Å²) in [7, 11) is 1.58. The number of thiocarbonyl (C=S) groups is 1. The van der Waals surface area contributed by atoms with E-state index in [0.29, 0.717) is 16.4 Å². The monoisotopic (exact) mass is 479 g/mol. The summed E-state index contributed by atoms with van der Waals surface area (Å²) in [5, 5.41) is 9.40. The molecule has 0 saturated carbocycles. The highest BCUT2D eigenvalue weighted by Gasteiger charge is 2.39. The smallest absolute Gasteiger partial charge is 0.326 e. The average Bonchev–Trinajstić information content (AvgIpc) is 3.02. The zero-order valence-electron chi connectivity index (χ0n) is 19.3. The average molecular weight is 480 g/mol. The Bertz CT molecular complexity index is 855. The second-order valence-corrected chi connectivity index (χ2v) is 9.53. The summed E-state index contributed by atoms with van der Waals surface area (Å²) in [4.78, 5) is 25.9. The fraction of sp³-hybridized carbons (Fsp3) is 0.542. The zero-order valence-corrected chi connectivity index (χ0v) is 20.9. The van der Waals surface area contributed by atoms with Gasteiger partial charge in [0.2, 0.25) is 0 Å². The van der Waals surface area contributed by atoms with E-state index in [0.717, 1.165) is 30.2 Å². The molecule has 1 aliphatic rings. The van der Waals surface area contributed by atoms with Crippen molar-refractivity contribution in [3.63, 3.8) is 0 Å². The Morgan fingerprint density at radius 2 is 1.94 bits per heavy atom. The van der Waals surface area contributed by atoms with Crippen molar-refractivity contribution < 1.29 is 24.2 Å². The number of carboxylic acid groups (broad SMARTS) is 1. The van der Waals surface area contributed by atoms with E-state index in [4.69, 9.17) is 21.7 Å². The third-order valence-electron chi connectivity index (χ3n) is 5.33. The van der Waals surface area contributed by atoms with Crippen LogP contribution in [0, 0.1) is 0 Å². The van der Waals surface area contributed by atoms with Gasteiger partial charge in [-0.25, -0.2) is 4.79 Å². The van der Waals surface area contributed by atoms with E-state index in [2.05, 4.69) is 13.8 Å². The Morgan fingerprint density at radius 3 is 2.56 bits per heavy atom. The summed E-state index contributed by atoms with van der Waals surface area (Å²) in [6, 6.07) is 4.55. The van der Waals surface area contributed by atoms with E-state index in [9.17, 15) is 14.7 Å². The van der Waals surface area contributed by atoms with Crippen LogP contribution in [0.4, 0.5) is 0 Å². The Morgan fingerprint density at radius 1 is 1.22 bits per heavy atom. The molecule has 2 unspecified atom stereocenters. The lowest BCUT2D eigenvalue weighted by Gasteiger charge is -2.21. The van der Waals surface area contributed by atoms with Crippen LogP contribution in [-0.4, -0.2) is 45.5 Å². The molecular weight excluding hydrogens is 446 g/mol. The van der Waals surface area contributed by atoms with Crippen LogP contribution in [0.2, 0.25) is 0 Å². The fourth-order valence-corrected chi connectivity index (χ4v) is 4.91. The molecule has 0 aliphatic carbocycles. The molecule has 0 bridgehead atoms. The number of carboxylic acids is 1. The van der Waals surface area contributed by atoms with Gasteiger partial charge in [-0.3, -0.25) is 9.69 Å². The molecule has 176 valence electrons. The number of ether oxygens (including phenoxy) is 2. The minimum Gasteiger partial charge on any atom is -0.493 e. The predicted molar refractivity (Wildman–Crippen MR) is 133 cm³/mol. The van der Waals surface area contributed by atoms with Gasteiger partial charge in [0.1, 0.15) is 10.4 Å². The van der Waals surface area contributed by atoms with Gasteiger partial charge in [0.05, 0.1) is 18.1 Å². The summed E-state index contributed by atoms with van der Waals surface area (Å²) in [5.41, 5.74) is 0.755. The highest BCUT2D eigenvalue weighted by molar-refractivity contribution is 8.26. The maximum absolute atomic E-state index is 12.8. The van der Waals surface area contributed by atoms with Crippen molar-refractivity contribution in [2.45, 2.75) is 77.9 Å². The van der Waals surface area contributed by atoms with Gasteiger partial charge in [-0.1, -0.05) is 69.6 Å². The van der Waals surface area contributed by atoms with Gasteiger partial charge >= 0.3 is 5.97 Å². The van der Waals surface area contributed by atoms with Crippen molar-refractivity contribution in [3.8, 4) is 11.5 Å². The van der Waals surface area contributed by atoms with Crippen LogP contribution in [0.3, 0.4) is 0 Å². The number of hydrogen-bond acceptors (Lipinski definition) is 6. The molecular formula is C24H33NO5S2. The molecule has 2 atom stereocenters. The van der Waals surface area contributed by atoms with E-state index in [1.165, 1.54) is 30.6 Å². The van der Waals surface area contributed by atoms with Gasteiger partial charge in [-0.05, 0) is 50.0 Å². The molecule has 1 saturated heterocycles. The number of carbonyl (C=O) groups excluding carboxylic acids is 1. The van der Waals surface area contributed by atoms with Gasteiger partial charge in [0, 0.05) is 0 Å². The number of hydrogen-bond donors (Lipinski definition) is 1. The molecule has 2 rings (SSSR count). The molecule has 1 aliphatic heterocycles. The Hall–Kier alpha value is -2.06. The number of aliphatic carboxylic acids is 1. The van der Waals surface area contributed by atoms with E-state index in [-0.39, 0.29) is 22.8 Å². The Balaban J connectivity index is 2.09. The summed E-state index contributed by atoms with van der Waals surface area (Å²) >= 11 is 6.38. The van der Waals surface area contributed by atoms with E-state index in [1.54, 1.807) is 20.1 Å². The normalized spacial score (nSPS) is 17.0. The Labute approximate surface area is 200 Å². The summed E-state index contributed by atoms with van der Waals surface area (Å²) in [6.45, 7) is 5.99. The molecule has 0 aromatic heterocycles. The van der Waals surface area contributed by atoms with Gasteiger partial charge in [0.25, 0.3) is 5.91 Å². The largest absolute Gasteiger partial charge is 0.493 e. The molecule has 1 heterocycles. The van der Waals surface area contributed by atoms with Crippen LogP contribution >= 0.6 is 24.0 Å². The molecule has 1 aromatic rings. The Kier molecular flexibility index (Phi) is 10.5. The van der Waals surface area contributed by atoms with Crippen molar-refractivity contribution in [2.75, 3.05) is 7.11 Å². The van der Waals surface area contributed by atoms with Gasteiger partial charge in [0.15, 0.2) is 11.5 Å². The number of carbonyl (C=O) groups is 2. The number of amides is 1. The van der Waals surface area contributed by atoms with Gasteiger partial charge in [-0.15, -0.1) is 0 Å². The summed E-state index contributed by atoms with van der Waals surface area (Å²) in [5.74, 6) is -0.197. The molecule has 32 heavy (non-hydrogen) atoms. The van der Waals surface area contributed by atoms with Crippen LogP contribution in [0.25, 0.3) is 6.08 Å². The molecule has 1 N–H and O–H groups in total. The highest BCUT2D eigenvalue weighted by Crippen LogP contribution is 2.36. The quantitative estimate of drug-likeness (QED) is 0.215. The van der Waals surface area contributed by atoms with Gasteiger partial charge in [-0.2, -0.15) is 0 Å². The summed E-state index contributed by atoms with van der Waals surface area (Å²) in [6.07, 6.45) is 9.18. The lowest BCUT2D eigenvalue weighted by Crippen LogP contribution is -2.43. The van der Waals surface area contributed by atoms with Crippen LogP contribution in [0.1, 0.15) is 71.3 Å². The van der Waals surface area contributed by atoms with E-state index >= 15 is 0 Å². The number of unbranched alkanes of at least 4 members (excludes halogenated alkanes) is 4. The molecule has 6 nitrogen and oxygen atoms in total. The molecule has 0 radical (unpaired) electrons. The number of thioether (sulfide) groups is 1. The highest BCUT2D eigenvalue weighted by atomic mass is 32.2. The van der Waals surface area contributed by atoms with E-state index < -0.39 is 12.0 Å². The third kappa shape index (κ3) is 6.97. The number of methoxy groups -OCH3 is 1. The topological polar surface area (TPSA) is 76.1 Å². The molecule has 0 spiro atoms. The first-order valence-corrected chi connectivity index (χ1v) is 12.4. The zero-order chi connectivity index (χ0) is 23.7. The minimum atomic E-state index is -1.06. The van der Waals surface area contributed by atoms with Crippen molar-refractivity contribution in [2.24, 2.45) is 0 Å². The number of rotatable bonds is 13. The second-order valence-electron chi connectivity index (χ2n) is 7.86. The van der Waals surface area contributed by atoms with Crippen LogP contribution in [-0.2, 0) is 9.59 Å². The van der Waals surface area contributed by atoms with E-state index in [1.807, 2.05) is 18.2 Å². The van der Waals surface area contributed by atoms with Crippen molar-refractivity contribution in [3.05, 3.63) is 28.7 Å². The van der Waals surface area contributed by atoms with Crippen LogP contribution in [0.5, 0.6) is 11.5 Å². The lowest BCUT2D eigenvalue weighted by molar-refractivity contribution is -0.145. The first kappa shape index (κ1) is 26.2. The summed E-state index contributed by atoms with van der Waals surface area (Å²) < 4.78 is 11.8. The molecule has 1 aromatic carbocycles.